The first-order valence-electron chi connectivity index (χ1n) is 6.24. The summed E-state index contributed by atoms with van der Waals surface area (Å²) in [7, 11) is 0. The van der Waals surface area contributed by atoms with Crippen LogP contribution in [0, 0.1) is 12.7 Å². The molecule has 0 unspecified atom stereocenters. The smallest absolute Gasteiger partial charge is 0.152 e. The molecule has 1 N–H and O–H groups in total. The van der Waals surface area contributed by atoms with E-state index in [0.717, 1.165) is 5.56 Å². The number of carbonyl (C=O) groups is 1. The van der Waals surface area contributed by atoms with E-state index in [1.165, 1.54) is 6.07 Å². The van der Waals surface area contributed by atoms with E-state index in [2.05, 4.69) is 4.98 Å². The number of aromatic nitrogens is 1. The largest absolute Gasteiger partial charge is 0.354 e. The molecule has 1 heterocycles. The normalized spacial score (nSPS) is 11.0. The van der Waals surface area contributed by atoms with Crippen molar-refractivity contribution in [3.05, 3.63) is 57.3 Å². The first-order chi connectivity index (χ1) is 10.0. The van der Waals surface area contributed by atoms with Gasteiger partial charge in [-0.15, -0.1) is 0 Å². The maximum Gasteiger partial charge on any atom is 0.152 e. The first kappa shape index (κ1) is 14.1. The Morgan fingerprint density at radius 1 is 1.19 bits per heavy atom. The molecule has 0 spiro atoms. The number of nitrogens with one attached hydrogen (secondary N) is 1. The predicted molar refractivity (Wildman–Crippen MR) is 83.8 cm³/mol. The van der Waals surface area contributed by atoms with Gasteiger partial charge in [-0.2, -0.15) is 0 Å². The van der Waals surface area contributed by atoms with Gasteiger partial charge in [-0.05, 0) is 36.8 Å². The number of aldehydes is 1. The second kappa shape index (κ2) is 5.17. The summed E-state index contributed by atoms with van der Waals surface area (Å²) < 4.78 is 14.1. The molecule has 0 aliphatic heterocycles. The highest BCUT2D eigenvalue weighted by molar-refractivity contribution is 6.35. The molecule has 2 aromatic carbocycles. The number of aromatic amines is 1. The van der Waals surface area contributed by atoms with Crippen LogP contribution in [0.4, 0.5) is 4.39 Å². The topological polar surface area (TPSA) is 32.9 Å². The van der Waals surface area contributed by atoms with Crippen molar-refractivity contribution in [1.82, 2.24) is 4.98 Å². The minimum absolute atomic E-state index is 0.246. The van der Waals surface area contributed by atoms with Crippen LogP contribution in [0.1, 0.15) is 15.9 Å². The van der Waals surface area contributed by atoms with Crippen LogP contribution in [0.2, 0.25) is 10.0 Å². The van der Waals surface area contributed by atoms with Gasteiger partial charge in [-0.3, -0.25) is 4.79 Å². The summed E-state index contributed by atoms with van der Waals surface area (Å²) in [4.78, 5) is 14.6. The zero-order valence-corrected chi connectivity index (χ0v) is 12.5. The molecule has 0 saturated carbocycles. The van der Waals surface area contributed by atoms with E-state index in [1.54, 1.807) is 24.3 Å². The van der Waals surface area contributed by atoms with E-state index in [-0.39, 0.29) is 10.9 Å². The number of fused-ring (bicyclic) bond motifs is 1. The number of rotatable bonds is 2. The third kappa shape index (κ3) is 2.23. The summed E-state index contributed by atoms with van der Waals surface area (Å²) in [6, 6.07) is 7.95. The highest BCUT2D eigenvalue weighted by Crippen LogP contribution is 2.36. The third-order valence-electron chi connectivity index (χ3n) is 3.47. The average molecular weight is 322 g/mol. The molecule has 2 nitrogen and oxygen atoms in total. The summed E-state index contributed by atoms with van der Waals surface area (Å²) in [6.07, 6.45) is 0.633. The Bertz CT molecular complexity index is 870. The lowest BCUT2D eigenvalue weighted by atomic mass is 10.0. The van der Waals surface area contributed by atoms with Crippen LogP contribution in [0.3, 0.4) is 0 Å². The van der Waals surface area contributed by atoms with Crippen LogP contribution in [0.25, 0.3) is 22.2 Å². The van der Waals surface area contributed by atoms with Crippen molar-refractivity contribution in [2.75, 3.05) is 0 Å². The minimum Gasteiger partial charge on any atom is -0.354 e. The zero-order chi connectivity index (χ0) is 15.1. The van der Waals surface area contributed by atoms with Gasteiger partial charge >= 0.3 is 0 Å². The summed E-state index contributed by atoms with van der Waals surface area (Å²) in [5, 5.41) is 1.20. The molecule has 1 aromatic heterocycles. The maximum absolute atomic E-state index is 14.1. The van der Waals surface area contributed by atoms with Gasteiger partial charge < -0.3 is 4.98 Å². The second-order valence-corrected chi connectivity index (χ2v) is 5.61. The van der Waals surface area contributed by atoms with Crippen molar-refractivity contribution >= 4 is 40.4 Å². The molecular weight excluding hydrogens is 312 g/mol. The van der Waals surface area contributed by atoms with Gasteiger partial charge in [0, 0.05) is 16.0 Å². The lowest BCUT2D eigenvalue weighted by Crippen LogP contribution is -1.87. The van der Waals surface area contributed by atoms with Crippen LogP contribution >= 0.6 is 23.2 Å². The number of hydrogen-bond acceptors (Lipinski definition) is 1. The quantitative estimate of drug-likeness (QED) is 0.629. The Balaban J connectivity index is 2.43. The number of benzene rings is 2. The van der Waals surface area contributed by atoms with E-state index in [0.29, 0.717) is 33.1 Å². The Hall–Kier alpha value is -1.84. The van der Waals surface area contributed by atoms with Gasteiger partial charge in [0.05, 0.1) is 21.8 Å². The Morgan fingerprint density at radius 2 is 1.95 bits per heavy atom. The van der Waals surface area contributed by atoms with Gasteiger partial charge in [0.15, 0.2) is 6.29 Å². The molecule has 0 atom stereocenters. The Labute approximate surface area is 130 Å². The molecule has 3 rings (SSSR count). The molecule has 0 amide bonds. The van der Waals surface area contributed by atoms with Crippen molar-refractivity contribution < 1.29 is 9.18 Å². The molecule has 21 heavy (non-hydrogen) atoms. The number of hydrogen-bond donors (Lipinski definition) is 1. The zero-order valence-electron chi connectivity index (χ0n) is 11.0. The SMILES string of the molecule is Cc1ccc(F)c2c(C=O)c(-c3cc(Cl)ccc3Cl)[nH]c12. The Kier molecular flexibility index (Phi) is 3.47. The number of halogens is 3. The van der Waals surface area contributed by atoms with Gasteiger partial charge in [0.1, 0.15) is 5.82 Å². The van der Waals surface area contributed by atoms with Crippen molar-refractivity contribution in [2.24, 2.45) is 0 Å². The monoisotopic (exact) mass is 321 g/mol. The van der Waals surface area contributed by atoms with E-state index in [4.69, 9.17) is 23.2 Å². The van der Waals surface area contributed by atoms with Crippen molar-refractivity contribution in [2.45, 2.75) is 6.92 Å². The summed E-state index contributed by atoms with van der Waals surface area (Å²) in [6.45, 7) is 1.84. The first-order valence-corrected chi connectivity index (χ1v) is 7.00. The van der Waals surface area contributed by atoms with Crippen LogP contribution in [-0.2, 0) is 0 Å². The number of H-pyrrole nitrogens is 1. The van der Waals surface area contributed by atoms with Gasteiger partial charge in [-0.25, -0.2) is 4.39 Å². The van der Waals surface area contributed by atoms with Crippen LogP contribution in [0.15, 0.2) is 30.3 Å². The third-order valence-corrected chi connectivity index (χ3v) is 4.03. The van der Waals surface area contributed by atoms with Gasteiger partial charge in [-0.1, -0.05) is 29.3 Å². The Morgan fingerprint density at radius 3 is 2.67 bits per heavy atom. The molecule has 0 aliphatic rings. The predicted octanol–water partition coefficient (Wildman–Crippen LogP) is 5.40. The molecule has 106 valence electrons. The lowest BCUT2D eigenvalue weighted by Gasteiger charge is -2.04. The standard InChI is InChI=1S/C16H10Cl2FNO/c1-8-2-5-13(19)14-11(7-21)16(20-15(8)14)10-6-9(17)3-4-12(10)18/h2-7,20H,1H3. The molecule has 0 fully saturated rings. The fraction of sp³-hybridized carbons (Fsp3) is 0.0625. The average Bonchev–Trinajstić information content (AvgIpc) is 2.86. The van der Waals surface area contributed by atoms with Crippen molar-refractivity contribution in [3.63, 3.8) is 0 Å². The molecule has 3 aromatic rings. The highest BCUT2D eigenvalue weighted by atomic mass is 35.5. The summed E-state index contributed by atoms with van der Waals surface area (Å²) in [5.41, 5.74) is 2.72. The highest BCUT2D eigenvalue weighted by Gasteiger charge is 2.19. The van der Waals surface area contributed by atoms with Crippen molar-refractivity contribution in [3.8, 4) is 11.3 Å². The fourth-order valence-corrected chi connectivity index (χ4v) is 2.83. The van der Waals surface area contributed by atoms with E-state index in [9.17, 15) is 9.18 Å². The van der Waals surface area contributed by atoms with Gasteiger partial charge in [0.2, 0.25) is 0 Å². The van der Waals surface area contributed by atoms with Gasteiger partial charge in [0.25, 0.3) is 0 Å². The summed E-state index contributed by atoms with van der Waals surface area (Å²) in [5.74, 6) is -0.446. The van der Waals surface area contributed by atoms with E-state index < -0.39 is 5.82 Å². The molecule has 0 saturated heterocycles. The lowest BCUT2D eigenvalue weighted by molar-refractivity contribution is 0.112. The number of aryl methyl sites for hydroxylation is 1. The maximum atomic E-state index is 14.1. The van der Waals surface area contributed by atoms with Crippen molar-refractivity contribution in [1.29, 1.82) is 0 Å². The number of carbonyl (C=O) groups excluding carboxylic acids is 1. The van der Waals surface area contributed by atoms with Crippen LogP contribution < -0.4 is 0 Å². The molecule has 0 aliphatic carbocycles. The minimum atomic E-state index is -0.446. The van der Waals surface area contributed by atoms with Crippen LogP contribution in [-0.4, -0.2) is 11.3 Å². The fourth-order valence-electron chi connectivity index (χ4n) is 2.44. The summed E-state index contributed by atoms with van der Waals surface area (Å²) >= 11 is 12.2. The molecular formula is C16H10Cl2FNO. The van der Waals surface area contributed by atoms with E-state index in [1.807, 2.05) is 6.92 Å². The molecule has 5 heteroatoms. The second-order valence-electron chi connectivity index (χ2n) is 4.77. The van der Waals surface area contributed by atoms with E-state index >= 15 is 0 Å². The van der Waals surface area contributed by atoms with Crippen LogP contribution in [0.5, 0.6) is 0 Å². The molecule has 0 bridgehead atoms. The molecule has 0 radical (unpaired) electrons.